The fourth-order valence-electron chi connectivity index (χ4n) is 4.29. The standard InChI is InChI=1S/C25H28ClN7O3S/c1-15(18-4-3-16(14-34)9-19(18)26)36-24-22(23(27)35)37-25(30-24)20-10-29-21-11-28-17(13-33(20)21)12-32-7-5-31(2)6-8-32/h3-4,9-11,13,15,34H,5-8,12,14H2,1-2H3,(H2,27,35)/t15-/m1/s1. The summed E-state index contributed by atoms with van der Waals surface area (Å²) in [5.41, 5.74) is 9.40. The number of nitrogens with two attached hydrogens (primary N) is 1. The zero-order valence-electron chi connectivity index (χ0n) is 20.6. The number of piperazine rings is 1. The Labute approximate surface area is 223 Å². The number of carbonyl (C=O) groups excluding carboxylic acids is 1. The number of hydrogen-bond acceptors (Lipinski definition) is 9. The van der Waals surface area contributed by atoms with Crippen molar-refractivity contribution in [2.45, 2.75) is 26.2 Å². The molecular weight excluding hydrogens is 514 g/mol. The van der Waals surface area contributed by atoms with Crippen molar-refractivity contribution in [3.05, 3.63) is 63.5 Å². The van der Waals surface area contributed by atoms with Crippen molar-refractivity contribution >= 4 is 34.5 Å². The van der Waals surface area contributed by atoms with Crippen molar-refractivity contribution < 1.29 is 14.6 Å². The Morgan fingerprint density at radius 3 is 2.73 bits per heavy atom. The Bertz CT molecular complexity index is 1430. The van der Waals surface area contributed by atoms with E-state index >= 15 is 0 Å². The van der Waals surface area contributed by atoms with E-state index in [0.717, 1.165) is 55.4 Å². The van der Waals surface area contributed by atoms with Gasteiger partial charge in [0.25, 0.3) is 5.91 Å². The number of aliphatic hydroxyl groups excluding tert-OH is 1. The number of halogens is 1. The van der Waals surface area contributed by atoms with Gasteiger partial charge < -0.3 is 20.5 Å². The second-order valence-corrected chi connectivity index (χ2v) is 10.5. The quantitative estimate of drug-likeness (QED) is 0.349. The number of amides is 1. The average molecular weight is 542 g/mol. The molecule has 1 atom stereocenters. The second-order valence-electron chi connectivity index (χ2n) is 9.12. The largest absolute Gasteiger partial charge is 0.469 e. The lowest BCUT2D eigenvalue weighted by molar-refractivity contribution is 0.0997. The number of aliphatic hydroxyl groups is 1. The molecule has 0 aliphatic carbocycles. The lowest BCUT2D eigenvalue weighted by atomic mass is 10.1. The fraction of sp³-hybridized carbons (Fsp3) is 0.360. The number of fused-ring (bicyclic) bond motifs is 1. The third-order valence-electron chi connectivity index (χ3n) is 6.44. The van der Waals surface area contributed by atoms with Crippen molar-refractivity contribution in [2.24, 2.45) is 5.73 Å². The number of ether oxygens (including phenoxy) is 1. The van der Waals surface area contributed by atoms with Crippen LogP contribution < -0.4 is 10.5 Å². The van der Waals surface area contributed by atoms with Crippen LogP contribution >= 0.6 is 22.9 Å². The van der Waals surface area contributed by atoms with Gasteiger partial charge in [-0.3, -0.25) is 19.1 Å². The van der Waals surface area contributed by atoms with Crippen molar-refractivity contribution in [2.75, 3.05) is 33.2 Å². The molecule has 0 bridgehead atoms. The van der Waals surface area contributed by atoms with Gasteiger partial charge in [0.05, 0.1) is 24.7 Å². The van der Waals surface area contributed by atoms with Gasteiger partial charge in [0.2, 0.25) is 5.88 Å². The number of primary amides is 1. The molecule has 3 N–H and O–H groups in total. The van der Waals surface area contributed by atoms with Gasteiger partial charge in [-0.15, -0.1) is 11.3 Å². The molecule has 194 valence electrons. The van der Waals surface area contributed by atoms with Crippen LogP contribution in [0.25, 0.3) is 16.3 Å². The third-order valence-corrected chi connectivity index (χ3v) is 7.84. The van der Waals surface area contributed by atoms with Crippen molar-refractivity contribution in [1.82, 2.24) is 29.2 Å². The first-order chi connectivity index (χ1) is 17.8. The summed E-state index contributed by atoms with van der Waals surface area (Å²) < 4.78 is 8.00. The van der Waals surface area contributed by atoms with Gasteiger partial charge in [0.1, 0.15) is 16.8 Å². The molecule has 1 saturated heterocycles. The van der Waals surface area contributed by atoms with Gasteiger partial charge >= 0.3 is 0 Å². The van der Waals surface area contributed by atoms with E-state index in [2.05, 4.69) is 31.8 Å². The molecule has 37 heavy (non-hydrogen) atoms. The summed E-state index contributed by atoms with van der Waals surface area (Å²) in [6, 6.07) is 5.24. The maximum Gasteiger partial charge on any atom is 0.264 e. The molecule has 0 unspecified atom stereocenters. The molecule has 10 nitrogen and oxygen atoms in total. The number of thiazole rings is 1. The molecule has 1 aromatic carbocycles. The van der Waals surface area contributed by atoms with Crippen LogP contribution in [-0.2, 0) is 13.2 Å². The zero-order chi connectivity index (χ0) is 26.1. The summed E-state index contributed by atoms with van der Waals surface area (Å²) in [7, 11) is 2.13. The number of aromatic nitrogens is 4. The third kappa shape index (κ3) is 5.46. The van der Waals surface area contributed by atoms with Crippen LogP contribution in [0.1, 0.15) is 39.5 Å². The Morgan fingerprint density at radius 2 is 2.03 bits per heavy atom. The van der Waals surface area contributed by atoms with E-state index in [0.29, 0.717) is 26.8 Å². The number of benzene rings is 1. The van der Waals surface area contributed by atoms with E-state index in [1.807, 2.05) is 17.5 Å². The Hall–Kier alpha value is -3.09. The number of hydrogen-bond donors (Lipinski definition) is 2. The maximum atomic E-state index is 12.3. The lowest BCUT2D eigenvalue weighted by Gasteiger charge is -2.32. The molecule has 12 heteroatoms. The number of carbonyl (C=O) groups is 1. The molecule has 1 aliphatic rings. The molecule has 1 aliphatic heterocycles. The summed E-state index contributed by atoms with van der Waals surface area (Å²) >= 11 is 7.55. The van der Waals surface area contributed by atoms with Gasteiger partial charge in [-0.2, -0.15) is 4.98 Å². The molecule has 0 spiro atoms. The minimum atomic E-state index is -0.626. The first kappa shape index (κ1) is 25.6. The monoisotopic (exact) mass is 541 g/mol. The van der Waals surface area contributed by atoms with Crippen LogP contribution in [0.2, 0.25) is 5.02 Å². The molecule has 4 heterocycles. The predicted octanol–water partition coefficient (Wildman–Crippen LogP) is 2.98. The highest BCUT2D eigenvalue weighted by atomic mass is 35.5. The number of nitrogens with zero attached hydrogens (tertiary/aromatic N) is 6. The van der Waals surface area contributed by atoms with Crippen molar-refractivity contribution in [1.29, 1.82) is 0 Å². The minimum Gasteiger partial charge on any atom is -0.469 e. The Balaban J connectivity index is 1.42. The highest BCUT2D eigenvalue weighted by Gasteiger charge is 2.24. The van der Waals surface area contributed by atoms with Gasteiger partial charge in [0, 0.05) is 49.5 Å². The average Bonchev–Trinajstić information content (AvgIpc) is 3.49. The summed E-state index contributed by atoms with van der Waals surface area (Å²) in [6.45, 7) is 6.50. The lowest BCUT2D eigenvalue weighted by Crippen LogP contribution is -2.44. The zero-order valence-corrected chi connectivity index (χ0v) is 22.2. The molecule has 4 aromatic rings. The van der Waals surface area contributed by atoms with Crippen LogP contribution in [-0.4, -0.2) is 73.4 Å². The molecule has 1 fully saturated rings. The summed E-state index contributed by atoms with van der Waals surface area (Å²) in [4.78, 5) is 30.8. The van der Waals surface area contributed by atoms with E-state index in [1.165, 1.54) is 0 Å². The molecule has 0 radical (unpaired) electrons. The Morgan fingerprint density at radius 1 is 1.24 bits per heavy atom. The molecular formula is C25H28ClN7O3S. The van der Waals surface area contributed by atoms with Crippen molar-refractivity contribution in [3.63, 3.8) is 0 Å². The van der Waals surface area contributed by atoms with Crippen LogP contribution in [0, 0.1) is 0 Å². The first-order valence-electron chi connectivity index (χ1n) is 11.9. The van der Waals surface area contributed by atoms with Crippen LogP contribution in [0.4, 0.5) is 0 Å². The van der Waals surface area contributed by atoms with Crippen molar-refractivity contribution in [3.8, 4) is 16.6 Å². The van der Waals surface area contributed by atoms with E-state index < -0.39 is 12.0 Å². The minimum absolute atomic E-state index is 0.109. The summed E-state index contributed by atoms with van der Waals surface area (Å²) in [6.07, 6.45) is 4.91. The van der Waals surface area contributed by atoms with Gasteiger partial charge in [-0.25, -0.2) is 4.98 Å². The SMILES string of the molecule is C[C@@H](Oc1nc(-c2cnc3cnc(CN4CCN(C)CC4)cn23)sc1C(N)=O)c1ccc(CO)cc1Cl. The van der Waals surface area contributed by atoms with Crippen LogP contribution in [0.3, 0.4) is 0 Å². The van der Waals surface area contributed by atoms with Gasteiger partial charge in [-0.05, 0) is 25.6 Å². The molecule has 1 amide bonds. The summed E-state index contributed by atoms with van der Waals surface area (Å²) in [5, 5.41) is 10.3. The Kier molecular flexibility index (Phi) is 7.40. The van der Waals surface area contributed by atoms with Crippen LogP contribution in [0.15, 0.2) is 36.8 Å². The smallest absolute Gasteiger partial charge is 0.264 e. The first-order valence-corrected chi connectivity index (χ1v) is 13.1. The fourth-order valence-corrected chi connectivity index (χ4v) is 5.50. The highest BCUT2D eigenvalue weighted by Crippen LogP contribution is 2.36. The number of rotatable bonds is 8. The topological polar surface area (TPSA) is 122 Å². The van der Waals surface area contributed by atoms with E-state index in [-0.39, 0.29) is 17.4 Å². The maximum absolute atomic E-state index is 12.3. The van der Waals surface area contributed by atoms with Gasteiger partial charge in [0.15, 0.2) is 10.5 Å². The highest BCUT2D eigenvalue weighted by molar-refractivity contribution is 7.17. The summed E-state index contributed by atoms with van der Waals surface area (Å²) in [5.74, 6) is -0.483. The number of imidazole rings is 1. The predicted molar refractivity (Wildman–Crippen MR) is 142 cm³/mol. The van der Waals surface area contributed by atoms with E-state index in [4.69, 9.17) is 22.1 Å². The second kappa shape index (κ2) is 10.7. The molecule has 3 aromatic heterocycles. The van der Waals surface area contributed by atoms with E-state index in [9.17, 15) is 9.90 Å². The molecule has 5 rings (SSSR count). The van der Waals surface area contributed by atoms with Gasteiger partial charge in [-0.1, -0.05) is 23.7 Å². The van der Waals surface area contributed by atoms with E-state index in [1.54, 1.807) is 30.6 Å². The van der Waals surface area contributed by atoms with Crippen LogP contribution in [0.5, 0.6) is 5.88 Å². The number of likely N-dealkylation sites (N-methyl/N-ethyl adjacent to an activating group) is 1. The normalized spacial score (nSPS) is 15.8. The molecule has 0 saturated carbocycles.